The van der Waals surface area contributed by atoms with Crippen molar-refractivity contribution in [3.63, 3.8) is 0 Å². The SMILES string of the molecule is Cc1ccnc(-c2nc(C)n(C)c2C)c1. The fraction of sp³-hybridized carbons (Fsp3) is 0.333. The second kappa shape index (κ2) is 3.50. The highest BCUT2D eigenvalue weighted by Crippen LogP contribution is 2.21. The van der Waals surface area contributed by atoms with Crippen molar-refractivity contribution in [2.24, 2.45) is 7.05 Å². The van der Waals surface area contributed by atoms with Gasteiger partial charge in [-0.3, -0.25) is 4.98 Å². The summed E-state index contributed by atoms with van der Waals surface area (Å²) < 4.78 is 2.08. The molecular formula is C12H15N3. The topological polar surface area (TPSA) is 30.7 Å². The number of rotatable bonds is 1. The van der Waals surface area contributed by atoms with Gasteiger partial charge in [-0.05, 0) is 38.5 Å². The molecule has 3 heteroatoms. The first-order valence-corrected chi connectivity index (χ1v) is 5.02. The Balaban J connectivity index is 2.59. The van der Waals surface area contributed by atoms with Gasteiger partial charge in [-0.25, -0.2) is 4.98 Å². The van der Waals surface area contributed by atoms with E-state index in [0.29, 0.717) is 0 Å². The van der Waals surface area contributed by atoms with Gasteiger partial charge in [0.2, 0.25) is 0 Å². The maximum Gasteiger partial charge on any atom is 0.110 e. The minimum atomic E-state index is 0.955. The Morgan fingerprint density at radius 2 is 1.93 bits per heavy atom. The molecule has 2 rings (SSSR count). The molecule has 2 aromatic rings. The number of aromatic nitrogens is 3. The Morgan fingerprint density at radius 1 is 1.20 bits per heavy atom. The molecule has 0 amide bonds. The molecule has 0 N–H and O–H groups in total. The summed E-state index contributed by atoms with van der Waals surface area (Å²) in [6.45, 7) is 6.14. The van der Waals surface area contributed by atoms with Gasteiger partial charge in [0.15, 0.2) is 0 Å². The van der Waals surface area contributed by atoms with Crippen molar-refractivity contribution < 1.29 is 0 Å². The van der Waals surface area contributed by atoms with Crippen LogP contribution in [-0.4, -0.2) is 14.5 Å². The minimum Gasteiger partial charge on any atom is -0.335 e. The average Bonchev–Trinajstić information content (AvgIpc) is 2.46. The van der Waals surface area contributed by atoms with Crippen molar-refractivity contribution in [2.45, 2.75) is 20.8 Å². The first kappa shape index (κ1) is 9.90. The summed E-state index contributed by atoms with van der Waals surface area (Å²) in [6.07, 6.45) is 1.83. The molecule has 0 atom stereocenters. The summed E-state index contributed by atoms with van der Waals surface area (Å²) in [5.74, 6) is 1.02. The van der Waals surface area contributed by atoms with Crippen LogP contribution in [0.25, 0.3) is 11.4 Å². The third-order valence-corrected chi connectivity index (χ3v) is 2.76. The van der Waals surface area contributed by atoms with E-state index in [2.05, 4.69) is 34.4 Å². The molecule has 0 aliphatic rings. The molecule has 0 unspecified atom stereocenters. The van der Waals surface area contributed by atoms with Crippen molar-refractivity contribution in [1.82, 2.24) is 14.5 Å². The highest BCUT2D eigenvalue weighted by Gasteiger charge is 2.10. The van der Waals surface area contributed by atoms with E-state index in [0.717, 1.165) is 22.9 Å². The normalized spacial score (nSPS) is 10.7. The van der Waals surface area contributed by atoms with Gasteiger partial charge in [0.1, 0.15) is 11.5 Å². The van der Waals surface area contributed by atoms with Gasteiger partial charge in [0.25, 0.3) is 0 Å². The monoisotopic (exact) mass is 201 g/mol. The lowest BCUT2D eigenvalue weighted by molar-refractivity contribution is 0.827. The largest absolute Gasteiger partial charge is 0.335 e. The van der Waals surface area contributed by atoms with Crippen molar-refractivity contribution in [2.75, 3.05) is 0 Å². The molecule has 0 aliphatic carbocycles. The van der Waals surface area contributed by atoms with Crippen LogP contribution in [0.1, 0.15) is 17.1 Å². The van der Waals surface area contributed by atoms with Gasteiger partial charge in [-0.1, -0.05) is 0 Å². The lowest BCUT2D eigenvalue weighted by Crippen LogP contribution is -1.93. The molecule has 0 bridgehead atoms. The Labute approximate surface area is 89.8 Å². The molecule has 3 nitrogen and oxygen atoms in total. The second-order valence-electron chi connectivity index (χ2n) is 3.87. The summed E-state index contributed by atoms with van der Waals surface area (Å²) in [5, 5.41) is 0. The van der Waals surface area contributed by atoms with E-state index in [4.69, 9.17) is 0 Å². The molecule has 15 heavy (non-hydrogen) atoms. The average molecular weight is 201 g/mol. The predicted octanol–water partition coefficient (Wildman–Crippen LogP) is 2.41. The van der Waals surface area contributed by atoms with Crippen molar-refractivity contribution in [3.8, 4) is 11.4 Å². The van der Waals surface area contributed by atoms with Crippen molar-refractivity contribution in [3.05, 3.63) is 35.4 Å². The molecule has 0 spiro atoms. The molecule has 78 valence electrons. The number of pyridine rings is 1. The van der Waals surface area contributed by atoms with Gasteiger partial charge in [-0.15, -0.1) is 0 Å². The van der Waals surface area contributed by atoms with Gasteiger partial charge in [0, 0.05) is 18.9 Å². The van der Waals surface area contributed by atoms with Crippen LogP contribution in [0.4, 0.5) is 0 Å². The molecule has 0 saturated carbocycles. The maximum atomic E-state index is 4.52. The zero-order valence-corrected chi connectivity index (χ0v) is 9.57. The zero-order valence-electron chi connectivity index (χ0n) is 9.57. The van der Waals surface area contributed by atoms with Gasteiger partial charge in [0.05, 0.1) is 5.69 Å². The maximum absolute atomic E-state index is 4.52. The molecule has 0 saturated heterocycles. The molecule has 0 radical (unpaired) electrons. The molecule has 0 fully saturated rings. The standard InChI is InChI=1S/C12H15N3/c1-8-5-6-13-11(7-8)12-9(2)15(4)10(3)14-12/h5-7H,1-4H3. The quantitative estimate of drug-likeness (QED) is 0.709. The fourth-order valence-electron chi connectivity index (χ4n) is 1.63. The molecule has 2 heterocycles. The number of imidazole rings is 1. The van der Waals surface area contributed by atoms with E-state index in [1.807, 2.05) is 26.2 Å². The summed E-state index contributed by atoms with van der Waals surface area (Å²) in [5.41, 5.74) is 4.31. The summed E-state index contributed by atoms with van der Waals surface area (Å²) in [7, 11) is 2.02. The Kier molecular flexibility index (Phi) is 2.31. The van der Waals surface area contributed by atoms with E-state index < -0.39 is 0 Å². The van der Waals surface area contributed by atoms with Crippen LogP contribution in [-0.2, 0) is 7.05 Å². The number of hydrogen-bond acceptors (Lipinski definition) is 2. The lowest BCUT2D eigenvalue weighted by atomic mass is 10.2. The molecule has 0 aliphatic heterocycles. The lowest BCUT2D eigenvalue weighted by Gasteiger charge is -2.00. The van der Waals surface area contributed by atoms with Crippen LogP contribution in [0.2, 0.25) is 0 Å². The number of nitrogens with zero attached hydrogens (tertiary/aromatic N) is 3. The van der Waals surface area contributed by atoms with Crippen LogP contribution >= 0.6 is 0 Å². The van der Waals surface area contributed by atoms with Gasteiger partial charge < -0.3 is 4.57 Å². The van der Waals surface area contributed by atoms with Crippen LogP contribution in [0.15, 0.2) is 18.3 Å². The van der Waals surface area contributed by atoms with E-state index in [9.17, 15) is 0 Å². The Morgan fingerprint density at radius 3 is 2.47 bits per heavy atom. The van der Waals surface area contributed by atoms with Crippen molar-refractivity contribution in [1.29, 1.82) is 0 Å². The highest BCUT2D eigenvalue weighted by molar-refractivity contribution is 5.58. The van der Waals surface area contributed by atoms with E-state index in [1.165, 1.54) is 5.56 Å². The van der Waals surface area contributed by atoms with Gasteiger partial charge >= 0.3 is 0 Å². The summed E-state index contributed by atoms with van der Waals surface area (Å²) in [4.78, 5) is 8.87. The number of aryl methyl sites for hydroxylation is 2. The number of hydrogen-bond donors (Lipinski definition) is 0. The smallest absolute Gasteiger partial charge is 0.110 e. The third kappa shape index (κ3) is 1.65. The van der Waals surface area contributed by atoms with E-state index >= 15 is 0 Å². The fourth-order valence-corrected chi connectivity index (χ4v) is 1.63. The minimum absolute atomic E-state index is 0.955. The van der Waals surface area contributed by atoms with E-state index in [-0.39, 0.29) is 0 Å². The first-order valence-electron chi connectivity index (χ1n) is 5.02. The summed E-state index contributed by atoms with van der Waals surface area (Å²) >= 11 is 0. The van der Waals surface area contributed by atoms with Crippen LogP contribution < -0.4 is 0 Å². The Hall–Kier alpha value is -1.64. The zero-order chi connectivity index (χ0) is 11.0. The van der Waals surface area contributed by atoms with Gasteiger partial charge in [-0.2, -0.15) is 0 Å². The van der Waals surface area contributed by atoms with Crippen molar-refractivity contribution >= 4 is 0 Å². The molecule has 2 aromatic heterocycles. The molecular weight excluding hydrogens is 186 g/mol. The highest BCUT2D eigenvalue weighted by atomic mass is 15.1. The molecule has 0 aromatic carbocycles. The van der Waals surface area contributed by atoms with E-state index in [1.54, 1.807) is 0 Å². The van der Waals surface area contributed by atoms with Crippen LogP contribution in [0.3, 0.4) is 0 Å². The predicted molar refractivity (Wildman–Crippen MR) is 60.7 cm³/mol. The third-order valence-electron chi connectivity index (χ3n) is 2.76. The van der Waals surface area contributed by atoms with Crippen LogP contribution in [0, 0.1) is 20.8 Å². The first-order chi connectivity index (χ1) is 7.09. The summed E-state index contributed by atoms with van der Waals surface area (Å²) in [6, 6.07) is 4.06. The van der Waals surface area contributed by atoms with Crippen LogP contribution in [0.5, 0.6) is 0 Å². The Bertz CT molecular complexity index is 498. The second-order valence-corrected chi connectivity index (χ2v) is 3.87.